The number of carbonyl (C=O) groups excluding carboxylic acids is 3. The molecule has 1 heterocycles. The van der Waals surface area contributed by atoms with E-state index in [9.17, 15) is 14.4 Å². The molecule has 8 heteroatoms. The number of thiophene rings is 1. The summed E-state index contributed by atoms with van der Waals surface area (Å²) in [7, 11) is 3.14. The Hall–Kier alpha value is -2.87. The number of amides is 2. The first-order chi connectivity index (χ1) is 12.5. The number of benzene rings is 1. The van der Waals surface area contributed by atoms with Crippen LogP contribution in [0, 0.1) is 0 Å². The van der Waals surface area contributed by atoms with Crippen LogP contribution in [0.4, 0.5) is 0 Å². The molecule has 138 valence electrons. The first-order valence-electron chi connectivity index (χ1n) is 7.82. The molecule has 26 heavy (non-hydrogen) atoms. The zero-order valence-corrected chi connectivity index (χ0v) is 15.4. The highest BCUT2D eigenvalue weighted by atomic mass is 32.1. The van der Waals surface area contributed by atoms with Gasteiger partial charge in [0.1, 0.15) is 12.3 Å². The highest BCUT2D eigenvalue weighted by molar-refractivity contribution is 7.07. The van der Waals surface area contributed by atoms with Crippen LogP contribution >= 0.6 is 11.3 Å². The lowest BCUT2D eigenvalue weighted by molar-refractivity contribution is -0.150. The van der Waals surface area contributed by atoms with Crippen molar-refractivity contribution in [2.45, 2.75) is 6.54 Å². The summed E-state index contributed by atoms with van der Waals surface area (Å²) in [6.07, 6.45) is 0. The molecule has 0 aliphatic carbocycles. The average Bonchev–Trinajstić information content (AvgIpc) is 3.17. The van der Waals surface area contributed by atoms with Crippen molar-refractivity contribution in [1.29, 1.82) is 0 Å². The number of carbonyl (C=O) groups is 3. The number of hydrogen-bond acceptors (Lipinski definition) is 6. The number of nitrogens with zero attached hydrogens (tertiary/aromatic N) is 1. The minimum atomic E-state index is -0.682. The summed E-state index contributed by atoms with van der Waals surface area (Å²) in [4.78, 5) is 37.1. The van der Waals surface area contributed by atoms with Crippen LogP contribution < -0.4 is 10.1 Å². The van der Waals surface area contributed by atoms with Gasteiger partial charge in [0.15, 0.2) is 6.61 Å². The van der Waals surface area contributed by atoms with Crippen LogP contribution in [0.5, 0.6) is 5.75 Å². The standard InChI is InChI=1S/C18H20N2O5S/c1-20(10-13-6-7-26-12-13)16(21)11-25-17(22)9-19-18(23)14-4-3-5-15(8-14)24-2/h3-8,12H,9-11H2,1-2H3,(H,19,23). The third-order valence-corrected chi connectivity index (χ3v) is 4.24. The second-order valence-electron chi connectivity index (χ2n) is 5.46. The Morgan fingerprint density at radius 1 is 1.23 bits per heavy atom. The van der Waals surface area contributed by atoms with E-state index in [4.69, 9.17) is 9.47 Å². The van der Waals surface area contributed by atoms with Gasteiger partial charge in [-0.1, -0.05) is 6.07 Å². The van der Waals surface area contributed by atoms with Crippen molar-refractivity contribution in [1.82, 2.24) is 10.2 Å². The maximum absolute atomic E-state index is 12.0. The summed E-state index contributed by atoms with van der Waals surface area (Å²) in [5.41, 5.74) is 1.38. The lowest BCUT2D eigenvalue weighted by atomic mass is 10.2. The van der Waals surface area contributed by atoms with E-state index in [-0.39, 0.29) is 19.1 Å². The van der Waals surface area contributed by atoms with Crippen molar-refractivity contribution in [3.8, 4) is 5.75 Å². The van der Waals surface area contributed by atoms with Crippen molar-refractivity contribution >= 4 is 29.1 Å². The first kappa shape index (κ1) is 19.5. The van der Waals surface area contributed by atoms with Gasteiger partial charge in [0, 0.05) is 19.2 Å². The maximum atomic E-state index is 12.0. The van der Waals surface area contributed by atoms with Crippen molar-refractivity contribution in [2.75, 3.05) is 27.3 Å². The largest absolute Gasteiger partial charge is 0.497 e. The molecule has 0 fully saturated rings. The number of ether oxygens (including phenoxy) is 2. The summed E-state index contributed by atoms with van der Waals surface area (Å²) >= 11 is 1.55. The Morgan fingerprint density at radius 3 is 2.73 bits per heavy atom. The van der Waals surface area contributed by atoms with Crippen molar-refractivity contribution in [3.63, 3.8) is 0 Å². The smallest absolute Gasteiger partial charge is 0.325 e. The highest BCUT2D eigenvalue weighted by Gasteiger charge is 2.14. The van der Waals surface area contributed by atoms with Crippen LogP contribution in [0.3, 0.4) is 0 Å². The molecule has 0 unspecified atom stereocenters. The molecule has 0 atom stereocenters. The molecule has 0 aliphatic heterocycles. The van der Waals surface area contributed by atoms with E-state index in [1.165, 1.54) is 12.0 Å². The molecule has 2 aromatic rings. The van der Waals surface area contributed by atoms with Crippen molar-refractivity contribution in [3.05, 3.63) is 52.2 Å². The predicted molar refractivity (Wildman–Crippen MR) is 97.1 cm³/mol. The fourth-order valence-electron chi connectivity index (χ4n) is 2.07. The van der Waals surface area contributed by atoms with Gasteiger partial charge in [0.25, 0.3) is 11.8 Å². The molecule has 1 N–H and O–H groups in total. The average molecular weight is 376 g/mol. The molecule has 0 aliphatic rings. The van der Waals surface area contributed by atoms with Crippen LogP contribution in [-0.4, -0.2) is 50.0 Å². The summed E-state index contributed by atoms with van der Waals surface area (Å²) in [6.45, 7) is -0.238. The molecule has 0 saturated carbocycles. The predicted octanol–water partition coefficient (Wildman–Crippen LogP) is 1.69. The number of likely N-dealkylation sites (N-methyl/N-ethyl adjacent to an activating group) is 1. The summed E-state index contributed by atoms with van der Waals surface area (Å²) in [5.74, 6) is -0.886. The third kappa shape index (κ3) is 5.89. The molecule has 2 amide bonds. The maximum Gasteiger partial charge on any atom is 0.325 e. The normalized spacial score (nSPS) is 10.1. The number of rotatable bonds is 8. The lowest BCUT2D eigenvalue weighted by Gasteiger charge is -2.16. The van der Waals surface area contributed by atoms with Crippen LogP contribution in [0.2, 0.25) is 0 Å². The van der Waals surface area contributed by atoms with E-state index in [1.807, 2.05) is 16.8 Å². The van der Waals surface area contributed by atoms with Gasteiger partial charge in [0.05, 0.1) is 7.11 Å². The van der Waals surface area contributed by atoms with E-state index < -0.39 is 11.9 Å². The molecule has 1 aromatic heterocycles. The van der Waals surface area contributed by atoms with Gasteiger partial charge in [0.2, 0.25) is 0 Å². The molecule has 2 rings (SSSR count). The van der Waals surface area contributed by atoms with E-state index >= 15 is 0 Å². The van der Waals surface area contributed by atoms with Gasteiger partial charge in [-0.2, -0.15) is 11.3 Å². The summed E-state index contributed by atoms with van der Waals surface area (Å²) < 4.78 is 9.95. The molecular weight excluding hydrogens is 356 g/mol. The number of methoxy groups -OCH3 is 1. The highest BCUT2D eigenvalue weighted by Crippen LogP contribution is 2.12. The Bertz CT molecular complexity index is 761. The molecule has 1 aromatic carbocycles. The van der Waals surface area contributed by atoms with Gasteiger partial charge < -0.3 is 19.7 Å². The van der Waals surface area contributed by atoms with Crippen molar-refractivity contribution < 1.29 is 23.9 Å². The lowest BCUT2D eigenvalue weighted by Crippen LogP contribution is -2.34. The van der Waals surface area contributed by atoms with Crippen LogP contribution in [0.15, 0.2) is 41.1 Å². The summed E-state index contributed by atoms with van der Waals surface area (Å²) in [5, 5.41) is 6.32. The molecule has 0 radical (unpaired) electrons. The van der Waals surface area contributed by atoms with Crippen LogP contribution in [0.25, 0.3) is 0 Å². The van der Waals surface area contributed by atoms with E-state index in [0.717, 1.165) is 5.56 Å². The van der Waals surface area contributed by atoms with Gasteiger partial charge in [-0.15, -0.1) is 0 Å². The zero-order valence-electron chi connectivity index (χ0n) is 14.6. The van der Waals surface area contributed by atoms with Crippen LogP contribution in [0.1, 0.15) is 15.9 Å². The van der Waals surface area contributed by atoms with E-state index in [2.05, 4.69) is 5.32 Å². The second-order valence-corrected chi connectivity index (χ2v) is 6.24. The van der Waals surface area contributed by atoms with Crippen molar-refractivity contribution in [2.24, 2.45) is 0 Å². The summed E-state index contributed by atoms with van der Waals surface area (Å²) in [6, 6.07) is 8.47. The monoisotopic (exact) mass is 376 g/mol. The van der Waals surface area contributed by atoms with Gasteiger partial charge in [-0.05, 0) is 40.6 Å². The Balaban J connectivity index is 1.72. The van der Waals surface area contributed by atoms with E-state index in [1.54, 1.807) is 42.6 Å². The molecular formula is C18H20N2O5S. The van der Waals surface area contributed by atoms with Gasteiger partial charge in [-0.3, -0.25) is 14.4 Å². The number of hydrogen-bond donors (Lipinski definition) is 1. The quantitative estimate of drug-likeness (QED) is 0.709. The Kier molecular flexibility index (Phi) is 7.16. The second kappa shape index (κ2) is 9.57. The minimum absolute atomic E-state index is 0.316. The zero-order chi connectivity index (χ0) is 18.9. The molecule has 0 saturated heterocycles. The number of esters is 1. The van der Waals surface area contributed by atoms with Gasteiger partial charge >= 0.3 is 5.97 Å². The fourth-order valence-corrected chi connectivity index (χ4v) is 2.73. The molecule has 7 nitrogen and oxygen atoms in total. The Labute approximate surface area is 155 Å². The minimum Gasteiger partial charge on any atom is -0.497 e. The fraction of sp³-hybridized carbons (Fsp3) is 0.278. The topological polar surface area (TPSA) is 84.9 Å². The Morgan fingerprint density at radius 2 is 2.04 bits per heavy atom. The first-order valence-corrected chi connectivity index (χ1v) is 8.77. The van der Waals surface area contributed by atoms with Gasteiger partial charge in [-0.25, -0.2) is 0 Å². The van der Waals surface area contributed by atoms with Crippen LogP contribution in [-0.2, 0) is 20.9 Å². The third-order valence-electron chi connectivity index (χ3n) is 3.51. The molecule has 0 bridgehead atoms. The SMILES string of the molecule is COc1cccc(C(=O)NCC(=O)OCC(=O)N(C)Cc2ccsc2)c1. The molecule has 0 spiro atoms. The number of nitrogens with one attached hydrogen (secondary N) is 1. The van der Waals surface area contributed by atoms with E-state index in [0.29, 0.717) is 17.9 Å².